The van der Waals surface area contributed by atoms with Crippen molar-refractivity contribution in [3.8, 4) is 5.69 Å². The van der Waals surface area contributed by atoms with Crippen molar-refractivity contribution in [3.05, 3.63) is 47.3 Å². The Morgan fingerprint density at radius 2 is 1.84 bits per heavy atom. The van der Waals surface area contributed by atoms with Crippen molar-refractivity contribution >= 4 is 5.91 Å². The summed E-state index contributed by atoms with van der Waals surface area (Å²) in [5.41, 5.74) is 4.06. The monoisotopic (exact) mass is 339 g/mol. The van der Waals surface area contributed by atoms with Gasteiger partial charge in [-0.3, -0.25) is 4.79 Å². The van der Waals surface area contributed by atoms with Gasteiger partial charge in [0.1, 0.15) is 0 Å². The molecule has 2 fully saturated rings. The van der Waals surface area contributed by atoms with E-state index >= 15 is 0 Å². The van der Waals surface area contributed by atoms with Crippen molar-refractivity contribution in [2.75, 3.05) is 13.1 Å². The number of hydrogen-bond donors (Lipinski definition) is 0. The van der Waals surface area contributed by atoms with Crippen LogP contribution in [0.2, 0.25) is 0 Å². The average molecular weight is 339 g/mol. The second kappa shape index (κ2) is 6.30. The summed E-state index contributed by atoms with van der Waals surface area (Å²) >= 11 is 0. The fourth-order valence-electron chi connectivity index (χ4n) is 3.78. The van der Waals surface area contributed by atoms with Crippen LogP contribution in [0.5, 0.6) is 0 Å². The Morgan fingerprint density at radius 1 is 1.16 bits per heavy atom. The van der Waals surface area contributed by atoms with E-state index in [1.807, 2.05) is 35.6 Å². The molecule has 2 aliphatic rings. The maximum atomic E-state index is 13.2. The minimum atomic E-state index is 0.0727. The molecule has 1 amide bonds. The number of hydrogen-bond acceptors (Lipinski definition) is 3. The fourth-order valence-corrected chi connectivity index (χ4v) is 3.78. The lowest BCUT2D eigenvalue weighted by Gasteiger charge is -2.35. The molecule has 0 spiro atoms. The van der Waals surface area contributed by atoms with E-state index in [2.05, 4.69) is 24.2 Å². The first-order valence-electron chi connectivity index (χ1n) is 9.13. The number of aromatic nitrogens is 2. The van der Waals surface area contributed by atoms with Gasteiger partial charge in [-0.15, -0.1) is 0 Å². The van der Waals surface area contributed by atoms with Gasteiger partial charge in [0.2, 0.25) is 0 Å². The van der Waals surface area contributed by atoms with Crippen molar-refractivity contribution in [1.82, 2.24) is 14.7 Å². The molecule has 0 unspecified atom stereocenters. The number of rotatable bonds is 3. The topological polar surface area (TPSA) is 47.4 Å². The van der Waals surface area contributed by atoms with Crippen molar-refractivity contribution < 1.29 is 9.53 Å². The van der Waals surface area contributed by atoms with Crippen LogP contribution < -0.4 is 0 Å². The molecule has 2 heterocycles. The van der Waals surface area contributed by atoms with Crippen LogP contribution in [0.1, 0.15) is 54.2 Å². The molecule has 5 heteroatoms. The van der Waals surface area contributed by atoms with E-state index in [1.54, 1.807) is 6.20 Å². The van der Waals surface area contributed by atoms with Gasteiger partial charge in [-0.25, -0.2) is 4.68 Å². The number of carbonyl (C=O) groups is 1. The first-order chi connectivity index (χ1) is 12.0. The SMILES string of the molecule is Cc1ccccc1-n1ncc(C(=O)N2C[C@H](C)O[C@@H](C)C2)c1C1CC1. The normalized spacial score (nSPS) is 23.7. The molecule has 1 saturated carbocycles. The molecule has 4 rings (SSSR count). The molecule has 0 bridgehead atoms. The average Bonchev–Trinajstić information content (AvgIpc) is 3.32. The summed E-state index contributed by atoms with van der Waals surface area (Å²) in [5.74, 6) is 0.528. The Kier molecular flexibility index (Phi) is 4.12. The number of amides is 1. The summed E-state index contributed by atoms with van der Waals surface area (Å²) in [6.07, 6.45) is 4.17. The standard InChI is InChI=1S/C20H25N3O2/c1-13-6-4-5-7-18(13)23-19(16-8-9-16)17(10-21-23)20(24)22-11-14(2)25-15(3)12-22/h4-7,10,14-16H,8-9,11-12H2,1-3H3/t14-,15-/m0/s1. The minimum Gasteiger partial charge on any atom is -0.372 e. The third-order valence-electron chi connectivity index (χ3n) is 5.05. The summed E-state index contributed by atoms with van der Waals surface area (Å²) in [7, 11) is 0. The van der Waals surface area contributed by atoms with E-state index < -0.39 is 0 Å². The number of morpholine rings is 1. The smallest absolute Gasteiger partial charge is 0.257 e. The maximum Gasteiger partial charge on any atom is 0.257 e. The fraction of sp³-hybridized carbons (Fsp3) is 0.500. The van der Waals surface area contributed by atoms with Crippen molar-refractivity contribution in [2.24, 2.45) is 0 Å². The Bertz CT molecular complexity index is 784. The largest absolute Gasteiger partial charge is 0.372 e. The van der Waals surface area contributed by atoms with Crippen molar-refractivity contribution in [1.29, 1.82) is 0 Å². The lowest BCUT2D eigenvalue weighted by molar-refractivity contribution is -0.0586. The quantitative estimate of drug-likeness (QED) is 0.862. The van der Waals surface area contributed by atoms with Gasteiger partial charge in [0, 0.05) is 19.0 Å². The van der Waals surface area contributed by atoms with Gasteiger partial charge < -0.3 is 9.64 Å². The highest BCUT2D eigenvalue weighted by atomic mass is 16.5. The molecular weight excluding hydrogens is 314 g/mol. The first-order valence-corrected chi connectivity index (χ1v) is 9.13. The van der Waals surface area contributed by atoms with Crippen LogP contribution in [0, 0.1) is 6.92 Å². The van der Waals surface area contributed by atoms with E-state index in [9.17, 15) is 4.79 Å². The molecule has 0 radical (unpaired) electrons. The van der Waals surface area contributed by atoms with Gasteiger partial charge in [0.05, 0.1) is 35.3 Å². The van der Waals surface area contributed by atoms with Crippen LogP contribution in [0.3, 0.4) is 0 Å². The number of para-hydroxylation sites is 1. The summed E-state index contributed by atoms with van der Waals surface area (Å²) < 4.78 is 7.75. The van der Waals surface area contributed by atoms with Gasteiger partial charge >= 0.3 is 0 Å². The molecule has 2 atom stereocenters. The number of nitrogens with zero attached hydrogens (tertiary/aromatic N) is 3. The lowest BCUT2D eigenvalue weighted by Crippen LogP contribution is -2.48. The molecule has 1 aliphatic carbocycles. The highest BCUT2D eigenvalue weighted by molar-refractivity contribution is 5.95. The molecule has 5 nitrogen and oxygen atoms in total. The molecule has 1 aliphatic heterocycles. The van der Waals surface area contributed by atoms with Crippen LogP contribution in [-0.4, -0.2) is 45.9 Å². The molecule has 2 aromatic rings. The molecule has 1 aromatic heterocycles. The molecule has 0 N–H and O–H groups in total. The van der Waals surface area contributed by atoms with E-state index in [0.717, 1.165) is 29.8 Å². The van der Waals surface area contributed by atoms with Crippen LogP contribution >= 0.6 is 0 Å². The Labute approximate surface area is 148 Å². The molecule has 1 aromatic carbocycles. The zero-order valence-corrected chi connectivity index (χ0v) is 15.1. The highest BCUT2D eigenvalue weighted by Gasteiger charge is 2.36. The maximum absolute atomic E-state index is 13.2. The van der Waals surface area contributed by atoms with Gasteiger partial charge in [-0.05, 0) is 45.2 Å². The molecule has 25 heavy (non-hydrogen) atoms. The van der Waals surface area contributed by atoms with Crippen molar-refractivity contribution in [2.45, 2.75) is 51.7 Å². The number of carbonyl (C=O) groups excluding carboxylic acids is 1. The number of ether oxygens (including phenoxy) is 1. The zero-order chi connectivity index (χ0) is 17.6. The van der Waals surface area contributed by atoms with Crippen molar-refractivity contribution in [3.63, 3.8) is 0 Å². The summed E-state index contributed by atoms with van der Waals surface area (Å²) in [4.78, 5) is 15.1. The first kappa shape index (κ1) is 16.3. The summed E-state index contributed by atoms with van der Waals surface area (Å²) in [5, 5.41) is 4.60. The van der Waals surface area contributed by atoms with E-state index in [4.69, 9.17) is 4.74 Å². The van der Waals surface area contributed by atoms with E-state index in [-0.39, 0.29) is 18.1 Å². The van der Waals surface area contributed by atoms with Gasteiger partial charge in [-0.1, -0.05) is 18.2 Å². The van der Waals surface area contributed by atoms with Gasteiger partial charge in [0.15, 0.2) is 0 Å². The zero-order valence-electron chi connectivity index (χ0n) is 15.1. The van der Waals surface area contributed by atoms with Crippen LogP contribution in [0.15, 0.2) is 30.5 Å². The Morgan fingerprint density at radius 3 is 2.48 bits per heavy atom. The van der Waals surface area contributed by atoms with Gasteiger partial charge in [-0.2, -0.15) is 5.10 Å². The minimum absolute atomic E-state index is 0.0727. The molecule has 1 saturated heterocycles. The lowest BCUT2D eigenvalue weighted by atomic mass is 10.1. The summed E-state index contributed by atoms with van der Waals surface area (Å²) in [6, 6.07) is 8.21. The van der Waals surface area contributed by atoms with Crippen LogP contribution in [0.25, 0.3) is 5.69 Å². The number of aryl methyl sites for hydroxylation is 1. The predicted molar refractivity (Wildman–Crippen MR) is 96.2 cm³/mol. The third-order valence-corrected chi connectivity index (χ3v) is 5.05. The second-order valence-corrected chi connectivity index (χ2v) is 7.38. The summed E-state index contributed by atoms with van der Waals surface area (Å²) in [6.45, 7) is 7.41. The van der Waals surface area contributed by atoms with E-state index in [1.165, 1.54) is 5.56 Å². The second-order valence-electron chi connectivity index (χ2n) is 7.38. The predicted octanol–water partition coefficient (Wildman–Crippen LogP) is 3.31. The van der Waals surface area contributed by atoms with Crippen LogP contribution in [-0.2, 0) is 4.74 Å². The highest BCUT2D eigenvalue weighted by Crippen LogP contribution is 2.43. The molecule has 132 valence electrons. The van der Waals surface area contributed by atoms with E-state index in [0.29, 0.717) is 19.0 Å². The Hall–Kier alpha value is -2.14. The van der Waals surface area contributed by atoms with Gasteiger partial charge in [0.25, 0.3) is 5.91 Å². The Balaban J connectivity index is 1.71. The van der Waals surface area contributed by atoms with Crippen LogP contribution in [0.4, 0.5) is 0 Å². The molecular formula is C20H25N3O2. The third kappa shape index (κ3) is 3.09. The number of benzene rings is 1.